The summed E-state index contributed by atoms with van der Waals surface area (Å²) in [5, 5.41) is 31.4. The molecule has 1 aromatic carbocycles. The van der Waals surface area contributed by atoms with Crippen LogP contribution in [-0.4, -0.2) is 79.8 Å². The fraction of sp³-hybridized carbons (Fsp3) is 0.478. The van der Waals surface area contributed by atoms with Crippen molar-refractivity contribution in [2.45, 2.75) is 32.3 Å². The smallest absolute Gasteiger partial charge is 0.336 e. The molecule has 3 aliphatic heterocycles. The summed E-state index contributed by atoms with van der Waals surface area (Å²) in [4.78, 5) is 28.9. The predicted molar refractivity (Wildman–Crippen MR) is 117 cm³/mol. The van der Waals surface area contributed by atoms with Crippen LogP contribution in [0.25, 0.3) is 5.69 Å². The maximum absolute atomic E-state index is 13.3. The molecule has 0 saturated carbocycles. The molecule has 5 rings (SSSR count). The molecule has 1 aromatic heterocycles. The first-order chi connectivity index (χ1) is 16.4. The molecule has 176 valence electrons. The first-order valence-electron chi connectivity index (χ1n) is 11.3. The Labute approximate surface area is 196 Å². The summed E-state index contributed by atoms with van der Waals surface area (Å²) in [6.45, 7) is 4.28. The minimum atomic E-state index is -0.769. The van der Waals surface area contributed by atoms with E-state index >= 15 is 0 Å². The summed E-state index contributed by atoms with van der Waals surface area (Å²) in [5.74, 6) is -0.268. The third kappa shape index (κ3) is 3.74. The molecule has 0 bridgehead atoms. The van der Waals surface area contributed by atoms with E-state index in [-0.39, 0.29) is 18.5 Å². The van der Waals surface area contributed by atoms with Crippen molar-refractivity contribution in [3.63, 3.8) is 0 Å². The van der Waals surface area contributed by atoms with Gasteiger partial charge >= 0.3 is 5.97 Å². The monoisotopic (exact) mass is 463 g/mol. The third-order valence-corrected chi connectivity index (χ3v) is 7.28. The molecule has 34 heavy (non-hydrogen) atoms. The molecule has 0 radical (unpaired) electrons. The Bertz CT molecular complexity index is 1190. The Balaban J connectivity index is 1.22. The van der Waals surface area contributed by atoms with E-state index in [0.717, 1.165) is 6.42 Å². The van der Waals surface area contributed by atoms with Gasteiger partial charge in [-0.2, -0.15) is 9.94 Å². The number of aliphatic hydroxyl groups excluding tert-OH is 1. The summed E-state index contributed by atoms with van der Waals surface area (Å²) in [6, 6.07) is 7.29. The number of β-amino-alcohol motifs (C(OH)–C–C–N with tert-alkyl or cyclic N) is 1. The van der Waals surface area contributed by atoms with Crippen LogP contribution in [0.5, 0.6) is 0 Å². The van der Waals surface area contributed by atoms with E-state index in [0.29, 0.717) is 67.1 Å². The van der Waals surface area contributed by atoms with Crippen LogP contribution < -0.4 is 0 Å². The van der Waals surface area contributed by atoms with E-state index in [1.54, 1.807) is 30.0 Å². The molecular weight excluding hydrogens is 438 g/mol. The van der Waals surface area contributed by atoms with Gasteiger partial charge in [-0.25, -0.2) is 4.79 Å². The first kappa shape index (κ1) is 22.2. The SMILES string of the molecule is CC1=C(N2CCC3(CCN(CC(O)c4ccc(-n5cnnn5)c(C#N)c4)CC3)C2=O)COC1=O. The van der Waals surface area contributed by atoms with Gasteiger partial charge in [-0.05, 0) is 67.4 Å². The van der Waals surface area contributed by atoms with E-state index < -0.39 is 11.5 Å². The maximum atomic E-state index is 13.3. The van der Waals surface area contributed by atoms with Crippen molar-refractivity contribution in [1.82, 2.24) is 30.0 Å². The lowest BCUT2D eigenvalue weighted by Gasteiger charge is -2.38. The molecule has 11 heteroatoms. The third-order valence-electron chi connectivity index (χ3n) is 7.28. The Hall–Kier alpha value is -3.62. The zero-order chi connectivity index (χ0) is 23.9. The van der Waals surface area contributed by atoms with Gasteiger partial charge in [0.15, 0.2) is 0 Å². The highest BCUT2D eigenvalue weighted by atomic mass is 16.5. The van der Waals surface area contributed by atoms with Crippen LogP contribution in [0.1, 0.15) is 43.4 Å². The number of hydrogen-bond acceptors (Lipinski definition) is 9. The fourth-order valence-electron chi connectivity index (χ4n) is 5.13. The molecule has 0 aliphatic carbocycles. The second-order valence-electron chi connectivity index (χ2n) is 9.09. The van der Waals surface area contributed by atoms with Gasteiger partial charge in [0.25, 0.3) is 0 Å². The number of likely N-dealkylation sites (tertiary alicyclic amines) is 2. The van der Waals surface area contributed by atoms with Gasteiger partial charge in [0.2, 0.25) is 5.91 Å². The molecule has 2 aromatic rings. The average Bonchev–Trinajstić information content (AvgIpc) is 3.57. The van der Waals surface area contributed by atoms with E-state index in [2.05, 4.69) is 26.5 Å². The maximum Gasteiger partial charge on any atom is 0.336 e. The Morgan fingerprint density at radius 3 is 2.65 bits per heavy atom. The Kier molecular flexibility index (Phi) is 5.63. The van der Waals surface area contributed by atoms with Crippen LogP contribution in [-0.2, 0) is 14.3 Å². The number of aliphatic hydroxyl groups is 1. The number of esters is 1. The quantitative estimate of drug-likeness (QED) is 0.636. The Morgan fingerprint density at radius 2 is 2.00 bits per heavy atom. The van der Waals surface area contributed by atoms with Crippen LogP contribution in [0.15, 0.2) is 35.8 Å². The average molecular weight is 463 g/mol. The van der Waals surface area contributed by atoms with Gasteiger partial charge in [0.05, 0.1) is 34.0 Å². The van der Waals surface area contributed by atoms with E-state index in [4.69, 9.17) is 4.74 Å². The molecule has 1 unspecified atom stereocenters. The molecule has 1 amide bonds. The highest BCUT2D eigenvalue weighted by Crippen LogP contribution is 2.44. The number of rotatable bonds is 5. The van der Waals surface area contributed by atoms with Crippen molar-refractivity contribution in [3.8, 4) is 11.8 Å². The lowest BCUT2D eigenvalue weighted by Crippen LogP contribution is -2.45. The lowest BCUT2D eigenvalue weighted by molar-refractivity contribution is -0.138. The summed E-state index contributed by atoms with van der Waals surface area (Å²) in [6.07, 6.45) is 2.82. The second-order valence-corrected chi connectivity index (χ2v) is 9.09. The van der Waals surface area contributed by atoms with Crippen molar-refractivity contribution >= 4 is 11.9 Å². The normalized spacial score (nSPS) is 21.3. The zero-order valence-corrected chi connectivity index (χ0v) is 18.8. The first-order valence-corrected chi connectivity index (χ1v) is 11.3. The van der Waals surface area contributed by atoms with Crippen LogP contribution in [0.2, 0.25) is 0 Å². The van der Waals surface area contributed by atoms with Crippen LogP contribution in [0.4, 0.5) is 0 Å². The van der Waals surface area contributed by atoms with Crippen molar-refractivity contribution in [1.29, 1.82) is 5.26 Å². The van der Waals surface area contributed by atoms with E-state index in [1.807, 2.05) is 0 Å². The molecule has 2 saturated heterocycles. The summed E-state index contributed by atoms with van der Waals surface area (Å²) in [7, 11) is 0. The standard InChI is InChI=1S/C23H25N7O4/c1-15-19(13-34-21(15)32)29-9-6-23(22(29)33)4-7-28(8-5-23)12-20(31)16-2-3-18(17(10-16)11-24)30-14-25-26-27-30/h2-3,10,14,20,31H,4-9,12-13H2,1H3. The molecule has 1 atom stereocenters. The van der Waals surface area contributed by atoms with Crippen LogP contribution >= 0.6 is 0 Å². The second kappa shape index (κ2) is 8.62. The Morgan fingerprint density at radius 1 is 1.24 bits per heavy atom. The van der Waals surface area contributed by atoms with Crippen LogP contribution in [0.3, 0.4) is 0 Å². The number of aromatic nitrogens is 4. The number of carbonyl (C=O) groups excluding carboxylic acids is 2. The molecule has 11 nitrogen and oxygen atoms in total. The highest BCUT2D eigenvalue weighted by molar-refractivity contribution is 5.94. The highest BCUT2D eigenvalue weighted by Gasteiger charge is 2.50. The number of nitriles is 1. The number of nitrogens with zero attached hydrogens (tertiary/aromatic N) is 7. The van der Waals surface area contributed by atoms with E-state index in [1.165, 1.54) is 11.0 Å². The number of benzene rings is 1. The number of tetrazole rings is 1. The van der Waals surface area contributed by atoms with Gasteiger partial charge in [0, 0.05) is 13.1 Å². The lowest BCUT2D eigenvalue weighted by atomic mass is 9.77. The minimum absolute atomic E-state index is 0.0807. The molecule has 2 fully saturated rings. The van der Waals surface area contributed by atoms with Crippen molar-refractivity contribution in [2.75, 3.05) is 32.8 Å². The molecule has 1 spiro atoms. The van der Waals surface area contributed by atoms with E-state index in [9.17, 15) is 20.0 Å². The van der Waals surface area contributed by atoms with Gasteiger partial charge in [0.1, 0.15) is 19.0 Å². The molecule has 3 aliphatic rings. The van der Waals surface area contributed by atoms with Crippen molar-refractivity contribution in [3.05, 3.63) is 46.9 Å². The van der Waals surface area contributed by atoms with Gasteiger partial charge < -0.3 is 19.6 Å². The number of carbonyl (C=O) groups is 2. The number of amides is 1. The largest absolute Gasteiger partial charge is 0.456 e. The fourth-order valence-corrected chi connectivity index (χ4v) is 5.13. The molecule has 1 N–H and O–H groups in total. The van der Waals surface area contributed by atoms with Gasteiger partial charge in [-0.1, -0.05) is 6.07 Å². The van der Waals surface area contributed by atoms with Crippen LogP contribution in [0, 0.1) is 16.7 Å². The minimum Gasteiger partial charge on any atom is -0.456 e. The summed E-state index contributed by atoms with van der Waals surface area (Å²) in [5.41, 5.74) is 2.37. The van der Waals surface area contributed by atoms with Gasteiger partial charge in [-0.3, -0.25) is 4.79 Å². The van der Waals surface area contributed by atoms with Crippen molar-refractivity contribution < 1.29 is 19.4 Å². The zero-order valence-electron chi connectivity index (χ0n) is 18.8. The predicted octanol–water partition coefficient (Wildman–Crippen LogP) is 0.713. The number of piperidine rings is 1. The van der Waals surface area contributed by atoms with Gasteiger partial charge in [-0.15, -0.1) is 5.10 Å². The molecular formula is C23H25N7O4. The number of ether oxygens (including phenoxy) is 1. The topological polar surface area (TPSA) is 137 Å². The number of cyclic esters (lactones) is 1. The molecule has 4 heterocycles. The van der Waals surface area contributed by atoms with Crippen molar-refractivity contribution in [2.24, 2.45) is 5.41 Å². The number of hydrogen-bond donors (Lipinski definition) is 1. The summed E-state index contributed by atoms with van der Waals surface area (Å²) < 4.78 is 6.50. The summed E-state index contributed by atoms with van der Waals surface area (Å²) >= 11 is 0.